The van der Waals surface area contributed by atoms with Crippen molar-refractivity contribution in [3.63, 3.8) is 0 Å². The fourth-order valence-electron chi connectivity index (χ4n) is 1.96. The number of hydrogen-bond acceptors (Lipinski definition) is 4. The van der Waals surface area contributed by atoms with Gasteiger partial charge in [-0.2, -0.15) is 0 Å². The monoisotopic (exact) mass is 255 g/mol. The Balaban J connectivity index is 2.55. The first-order valence-electron chi connectivity index (χ1n) is 6.57. The van der Waals surface area contributed by atoms with E-state index in [0.717, 1.165) is 13.0 Å². The van der Waals surface area contributed by atoms with E-state index in [0.29, 0.717) is 6.42 Å². The van der Waals surface area contributed by atoms with Crippen LogP contribution in [0.1, 0.15) is 40.5 Å². The average Bonchev–Trinajstić information content (AvgIpc) is 2.64. The van der Waals surface area contributed by atoms with E-state index in [2.05, 4.69) is 10.6 Å². The standard InChI is InChI=1S/C13H25N3O2/c1-8(2)11(17)7-10-9(5-6-15-10)16-12(18)13(3,4)14/h8-10,15H,5-7,14H2,1-4H3,(H,16,18)/t9-,10?/m0/s1. The highest BCUT2D eigenvalue weighted by atomic mass is 16.2. The van der Waals surface area contributed by atoms with Crippen LogP contribution >= 0.6 is 0 Å². The van der Waals surface area contributed by atoms with Crippen LogP contribution in [0.5, 0.6) is 0 Å². The Morgan fingerprint density at radius 3 is 2.56 bits per heavy atom. The van der Waals surface area contributed by atoms with Gasteiger partial charge in [0.2, 0.25) is 5.91 Å². The second-order valence-electron chi connectivity index (χ2n) is 5.98. The van der Waals surface area contributed by atoms with Crippen LogP contribution in [0.2, 0.25) is 0 Å². The van der Waals surface area contributed by atoms with Crippen molar-refractivity contribution in [2.75, 3.05) is 6.54 Å². The number of nitrogens with one attached hydrogen (secondary N) is 2. The molecule has 2 atom stereocenters. The minimum absolute atomic E-state index is 0.00280. The van der Waals surface area contributed by atoms with Crippen molar-refractivity contribution in [3.8, 4) is 0 Å². The van der Waals surface area contributed by atoms with Gasteiger partial charge in [-0.1, -0.05) is 13.8 Å². The lowest BCUT2D eigenvalue weighted by atomic mass is 9.97. The summed E-state index contributed by atoms with van der Waals surface area (Å²) in [6.07, 6.45) is 1.31. The highest BCUT2D eigenvalue weighted by Crippen LogP contribution is 2.14. The van der Waals surface area contributed by atoms with Gasteiger partial charge in [-0.3, -0.25) is 9.59 Å². The third kappa shape index (κ3) is 4.07. The van der Waals surface area contributed by atoms with Crippen LogP contribution in [0.4, 0.5) is 0 Å². The van der Waals surface area contributed by atoms with Gasteiger partial charge in [0.05, 0.1) is 5.54 Å². The Morgan fingerprint density at radius 1 is 1.44 bits per heavy atom. The van der Waals surface area contributed by atoms with Crippen molar-refractivity contribution in [1.29, 1.82) is 0 Å². The molecule has 5 nitrogen and oxygen atoms in total. The summed E-state index contributed by atoms with van der Waals surface area (Å²) in [6.45, 7) is 7.98. The fraction of sp³-hybridized carbons (Fsp3) is 0.846. The van der Waals surface area contributed by atoms with Crippen LogP contribution < -0.4 is 16.4 Å². The number of Topliss-reactive ketones (excluding diaryl/α,β-unsaturated/α-hetero) is 1. The van der Waals surface area contributed by atoms with E-state index in [1.807, 2.05) is 13.8 Å². The van der Waals surface area contributed by atoms with Gasteiger partial charge in [0.15, 0.2) is 0 Å². The van der Waals surface area contributed by atoms with E-state index < -0.39 is 5.54 Å². The predicted octanol–water partition coefficient (Wildman–Crippen LogP) is 0.186. The lowest BCUT2D eigenvalue weighted by Gasteiger charge is -2.25. The van der Waals surface area contributed by atoms with Gasteiger partial charge in [-0.25, -0.2) is 0 Å². The Kier molecular flexibility index (Phi) is 4.87. The first kappa shape index (κ1) is 15.1. The van der Waals surface area contributed by atoms with Gasteiger partial charge in [-0.05, 0) is 26.8 Å². The molecule has 0 saturated carbocycles. The van der Waals surface area contributed by atoms with E-state index in [-0.39, 0.29) is 29.7 Å². The zero-order valence-electron chi connectivity index (χ0n) is 11.7. The lowest BCUT2D eigenvalue weighted by molar-refractivity contribution is -0.127. The molecule has 0 aromatic rings. The third-order valence-electron chi connectivity index (χ3n) is 3.31. The maximum absolute atomic E-state index is 11.8. The van der Waals surface area contributed by atoms with E-state index >= 15 is 0 Å². The summed E-state index contributed by atoms with van der Waals surface area (Å²) >= 11 is 0. The predicted molar refractivity (Wildman–Crippen MR) is 71.1 cm³/mol. The molecule has 1 saturated heterocycles. The number of carbonyl (C=O) groups is 2. The number of hydrogen-bond donors (Lipinski definition) is 3. The molecule has 5 heteroatoms. The molecule has 4 N–H and O–H groups in total. The first-order chi connectivity index (χ1) is 8.21. The minimum atomic E-state index is -0.880. The fourth-order valence-corrected chi connectivity index (χ4v) is 1.96. The molecular weight excluding hydrogens is 230 g/mol. The minimum Gasteiger partial charge on any atom is -0.350 e. The smallest absolute Gasteiger partial charge is 0.239 e. The Hall–Kier alpha value is -0.940. The molecule has 0 aliphatic carbocycles. The summed E-state index contributed by atoms with van der Waals surface area (Å²) in [6, 6.07) is 0.0363. The lowest BCUT2D eigenvalue weighted by Crippen LogP contribution is -2.54. The largest absolute Gasteiger partial charge is 0.350 e. The number of rotatable bonds is 5. The van der Waals surface area contributed by atoms with Crippen molar-refractivity contribution in [2.45, 2.75) is 58.2 Å². The summed E-state index contributed by atoms with van der Waals surface area (Å²) in [7, 11) is 0. The second kappa shape index (κ2) is 5.80. The summed E-state index contributed by atoms with van der Waals surface area (Å²) in [5, 5.41) is 6.21. The summed E-state index contributed by atoms with van der Waals surface area (Å²) in [4.78, 5) is 23.6. The van der Waals surface area contributed by atoms with Crippen LogP contribution in [0.25, 0.3) is 0 Å². The molecule has 1 heterocycles. The van der Waals surface area contributed by atoms with Gasteiger partial charge in [-0.15, -0.1) is 0 Å². The zero-order valence-corrected chi connectivity index (χ0v) is 11.7. The molecule has 0 aromatic carbocycles. The van der Waals surface area contributed by atoms with Crippen molar-refractivity contribution in [1.82, 2.24) is 10.6 Å². The Bertz CT molecular complexity index is 321. The number of carbonyl (C=O) groups excluding carboxylic acids is 2. The van der Waals surface area contributed by atoms with Crippen LogP contribution in [-0.2, 0) is 9.59 Å². The van der Waals surface area contributed by atoms with Crippen molar-refractivity contribution in [2.24, 2.45) is 11.7 Å². The summed E-state index contributed by atoms with van der Waals surface area (Å²) < 4.78 is 0. The topological polar surface area (TPSA) is 84.2 Å². The molecule has 104 valence electrons. The van der Waals surface area contributed by atoms with Crippen LogP contribution in [0, 0.1) is 5.92 Å². The van der Waals surface area contributed by atoms with Gasteiger partial charge in [0.25, 0.3) is 0 Å². The zero-order chi connectivity index (χ0) is 13.9. The molecule has 0 radical (unpaired) electrons. The summed E-state index contributed by atoms with van der Waals surface area (Å²) in [5.41, 5.74) is 4.87. The maximum Gasteiger partial charge on any atom is 0.239 e. The second-order valence-corrected chi connectivity index (χ2v) is 5.98. The van der Waals surface area contributed by atoms with Gasteiger partial charge in [0.1, 0.15) is 5.78 Å². The normalized spacial score (nSPS) is 24.3. The molecule has 1 unspecified atom stereocenters. The van der Waals surface area contributed by atoms with Gasteiger partial charge >= 0.3 is 0 Å². The van der Waals surface area contributed by atoms with Crippen LogP contribution in [-0.4, -0.2) is 35.9 Å². The van der Waals surface area contributed by atoms with E-state index in [4.69, 9.17) is 5.73 Å². The number of nitrogens with two attached hydrogens (primary N) is 1. The molecule has 1 amide bonds. The quantitative estimate of drug-likeness (QED) is 0.654. The van der Waals surface area contributed by atoms with E-state index in [9.17, 15) is 9.59 Å². The molecule has 1 aliphatic heterocycles. The molecule has 0 spiro atoms. The first-order valence-corrected chi connectivity index (χ1v) is 6.57. The van der Waals surface area contributed by atoms with Gasteiger partial charge in [0, 0.05) is 24.4 Å². The molecule has 0 aromatic heterocycles. The highest BCUT2D eigenvalue weighted by molar-refractivity contribution is 5.85. The van der Waals surface area contributed by atoms with Crippen molar-refractivity contribution in [3.05, 3.63) is 0 Å². The molecule has 1 fully saturated rings. The number of amides is 1. The SMILES string of the molecule is CC(C)C(=O)CC1NCC[C@@H]1NC(=O)C(C)(C)N. The van der Waals surface area contributed by atoms with E-state index in [1.165, 1.54) is 0 Å². The molecule has 0 bridgehead atoms. The Labute approximate surface area is 109 Å². The summed E-state index contributed by atoms with van der Waals surface area (Å²) in [5.74, 6) is 0.0913. The van der Waals surface area contributed by atoms with Crippen molar-refractivity contribution >= 4 is 11.7 Å². The third-order valence-corrected chi connectivity index (χ3v) is 3.31. The number of ketones is 1. The van der Waals surface area contributed by atoms with Crippen LogP contribution in [0.15, 0.2) is 0 Å². The Morgan fingerprint density at radius 2 is 2.06 bits per heavy atom. The van der Waals surface area contributed by atoms with Crippen molar-refractivity contribution < 1.29 is 9.59 Å². The average molecular weight is 255 g/mol. The molecule has 1 aliphatic rings. The van der Waals surface area contributed by atoms with Crippen LogP contribution in [0.3, 0.4) is 0 Å². The maximum atomic E-state index is 11.8. The molecule has 18 heavy (non-hydrogen) atoms. The molecular formula is C13H25N3O2. The van der Waals surface area contributed by atoms with Gasteiger partial charge < -0.3 is 16.4 Å². The van der Waals surface area contributed by atoms with E-state index in [1.54, 1.807) is 13.8 Å². The molecule has 1 rings (SSSR count). The highest BCUT2D eigenvalue weighted by Gasteiger charge is 2.33.